The highest BCUT2D eigenvalue weighted by molar-refractivity contribution is 5.96. The number of anilines is 1. The lowest BCUT2D eigenvalue weighted by atomic mass is 9.98. The quantitative estimate of drug-likeness (QED) is 0.677. The Morgan fingerprint density at radius 2 is 2.10 bits per heavy atom. The second-order valence-electron chi connectivity index (χ2n) is 6.32. The van der Waals surface area contributed by atoms with Crippen LogP contribution in [-0.4, -0.2) is 55.1 Å². The van der Waals surface area contributed by atoms with Gasteiger partial charge in [-0.2, -0.15) is 0 Å². The maximum atomic E-state index is 11.9. The van der Waals surface area contributed by atoms with Gasteiger partial charge in [-0.1, -0.05) is 12.1 Å². The van der Waals surface area contributed by atoms with Crippen LogP contribution in [0.15, 0.2) is 18.2 Å². The molecular formula is C16H25N3O2. The molecule has 1 aliphatic heterocycles. The van der Waals surface area contributed by atoms with E-state index in [-0.39, 0.29) is 11.5 Å². The van der Waals surface area contributed by atoms with Gasteiger partial charge in [0.15, 0.2) is 0 Å². The van der Waals surface area contributed by atoms with Crippen LogP contribution in [0.5, 0.6) is 0 Å². The normalized spacial score (nSPS) is 19.4. The first-order valence-electron chi connectivity index (χ1n) is 7.24. The van der Waals surface area contributed by atoms with E-state index in [1.54, 1.807) is 6.07 Å². The van der Waals surface area contributed by atoms with E-state index in [1.165, 1.54) is 7.11 Å². The number of carbonyl (C=O) groups is 1. The molecule has 1 heterocycles. The van der Waals surface area contributed by atoms with Crippen molar-refractivity contribution in [2.24, 2.45) is 0 Å². The maximum Gasteiger partial charge on any atom is 0.340 e. The standard InChI is InChI=1S/C16H25N3O2/c1-16(2)11-19(9-8-18(16)3)10-12-6-5-7-13(17)14(12)15(20)21-4/h5-7H,8-11,17H2,1-4H3. The summed E-state index contributed by atoms with van der Waals surface area (Å²) in [7, 11) is 3.54. The number of nitrogens with zero attached hydrogens (tertiary/aromatic N) is 2. The number of piperazine rings is 1. The molecule has 0 unspecified atom stereocenters. The van der Waals surface area contributed by atoms with Gasteiger partial charge in [0.1, 0.15) is 0 Å². The van der Waals surface area contributed by atoms with E-state index in [0.717, 1.165) is 25.2 Å². The van der Waals surface area contributed by atoms with Crippen molar-refractivity contribution in [1.29, 1.82) is 0 Å². The van der Waals surface area contributed by atoms with Crippen LogP contribution in [-0.2, 0) is 11.3 Å². The fourth-order valence-electron chi connectivity index (χ4n) is 2.82. The smallest absolute Gasteiger partial charge is 0.340 e. The van der Waals surface area contributed by atoms with Gasteiger partial charge in [0.25, 0.3) is 0 Å². The number of nitrogen functional groups attached to an aromatic ring is 1. The second-order valence-corrected chi connectivity index (χ2v) is 6.32. The van der Waals surface area contributed by atoms with Gasteiger partial charge in [0, 0.05) is 37.4 Å². The van der Waals surface area contributed by atoms with Crippen molar-refractivity contribution in [2.45, 2.75) is 25.9 Å². The molecule has 0 saturated carbocycles. The van der Waals surface area contributed by atoms with Gasteiger partial charge in [-0.25, -0.2) is 4.79 Å². The van der Waals surface area contributed by atoms with E-state index in [0.29, 0.717) is 17.8 Å². The molecule has 0 radical (unpaired) electrons. The number of rotatable bonds is 3. The number of hydrogen-bond donors (Lipinski definition) is 1. The summed E-state index contributed by atoms with van der Waals surface area (Å²) in [6.45, 7) is 8.14. The first-order valence-corrected chi connectivity index (χ1v) is 7.24. The highest BCUT2D eigenvalue weighted by Gasteiger charge is 2.31. The van der Waals surface area contributed by atoms with Crippen molar-refractivity contribution in [2.75, 3.05) is 39.5 Å². The summed E-state index contributed by atoms with van der Waals surface area (Å²) in [5.41, 5.74) is 7.99. The summed E-state index contributed by atoms with van der Waals surface area (Å²) in [6, 6.07) is 5.58. The summed E-state index contributed by atoms with van der Waals surface area (Å²) < 4.78 is 4.86. The number of esters is 1. The minimum Gasteiger partial charge on any atom is -0.465 e. The number of ether oxygens (including phenoxy) is 1. The van der Waals surface area contributed by atoms with E-state index in [1.807, 2.05) is 12.1 Å². The molecule has 21 heavy (non-hydrogen) atoms. The van der Waals surface area contributed by atoms with Gasteiger partial charge in [0.2, 0.25) is 0 Å². The molecule has 0 atom stereocenters. The second kappa shape index (κ2) is 6.03. The summed E-state index contributed by atoms with van der Waals surface area (Å²) in [4.78, 5) is 16.7. The molecule has 5 nitrogen and oxygen atoms in total. The van der Waals surface area contributed by atoms with E-state index in [9.17, 15) is 4.79 Å². The molecule has 0 spiro atoms. The third kappa shape index (κ3) is 3.36. The number of hydrogen-bond acceptors (Lipinski definition) is 5. The zero-order valence-electron chi connectivity index (χ0n) is 13.3. The largest absolute Gasteiger partial charge is 0.465 e. The Bertz CT molecular complexity index is 528. The Morgan fingerprint density at radius 3 is 2.71 bits per heavy atom. The van der Waals surface area contributed by atoms with Gasteiger partial charge >= 0.3 is 5.97 Å². The topological polar surface area (TPSA) is 58.8 Å². The van der Waals surface area contributed by atoms with Crippen LogP contribution >= 0.6 is 0 Å². The minimum atomic E-state index is -0.364. The summed E-state index contributed by atoms with van der Waals surface area (Å²) in [5, 5.41) is 0. The van der Waals surface area contributed by atoms with Gasteiger partial charge in [0.05, 0.1) is 12.7 Å². The molecule has 1 aliphatic rings. The van der Waals surface area contributed by atoms with Crippen molar-refractivity contribution in [3.05, 3.63) is 29.3 Å². The van der Waals surface area contributed by atoms with Crippen LogP contribution in [0.1, 0.15) is 29.8 Å². The zero-order valence-corrected chi connectivity index (χ0v) is 13.3. The molecule has 0 bridgehead atoms. The van der Waals surface area contributed by atoms with Crippen LogP contribution in [0.4, 0.5) is 5.69 Å². The molecular weight excluding hydrogens is 266 g/mol. The summed E-state index contributed by atoms with van der Waals surface area (Å²) in [6.07, 6.45) is 0. The fourth-order valence-corrected chi connectivity index (χ4v) is 2.82. The SMILES string of the molecule is COC(=O)c1c(N)cccc1CN1CCN(C)C(C)(C)C1. The van der Waals surface area contributed by atoms with Crippen molar-refractivity contribution >= 4 is 11.7 Å². The lowest BCUT2D eigenvalue weighted by Gasteiger charge is -2.45. The van der Waals surface area contributed by atoms with Crippen molar-refractivity contribution in [3.8, 4) is 0 Å². The third-order valence-electron chi connectivity index (χ3n) is 4.36. The Balaban J connectivity index is 2.21. The molecule has 1 fully saturated rings. The van der Waals surface area contributed by atoms with Crippen LogP contribution in [0.3, 0.4) is 0 Å². The molecule has 1 saturated heterocycles. The molecule has 1 aromatic rings. The molecule has 0 aromatic heterocycles. The molecule has 0 aliphatic carbocycles. The maximum absolute atomic E-state index is 11.9. The summed E-state index contributed by atoms with van der Waals surface area (Å²) >= 11 is 0. The number of likely N-dealkylation sites (N-methyl/N-ethyl adjacent to an activating group) is 1. The Kier molecular flexibility index (Phi) is 4.54. The average molecular weight is 291 g/mol. The molecule has 0 amide bonds. The minimum absolute atomic E-state index is 0.129. The Hall–Kier alpha value is -1.59. The van der Waals surface area contributed by atoms with Crippen molar-refractivity contribution < 1.29 is 9.53 Å². The zero-order chi connectivity index (χ0) is 15.6. The van der Waals surface area contributed by atoms with Crippen molar-refractivity contribution in [1.82, 2.24) is 9.80 Å². The molecule has 5 heteroatoms. The molecule has 1 aromatic carbocycles. The first kappa shape index (κ1) is 15.8. The monoisotopic (exact) mass is 291 g/mol. The van der Waals surface area contributed by atoms with Crippen molar-refractivity contribution in [3.63, 3.8) is 0 Å². The number of nitrogens with two attached hydrogens (primary N) is 1. The highest BCUT2D eigenvalue weighted by Crippen LogP contribution is 2.24. The van der Waals surface area contributed by atoms with E-state index in [4.69, 9.17) is 10.5 Å². The number of carbonyl (C=O) groups excluding carboxylic acids is 1. The number of benzene rings is 1. The van der Waals surface area contributed by atoms with Gasteiger partial charge < -0.3 is 10.5 Å². The number of methoxy groups -OCH3 is 1. The molecule has 2 N–H and O–H groups in total. The Labute approximate surface area is 126 Å². The van der Waals surface area contributed by atoms with E-state index in [2.05, 4.69) is 30.7 Å². The predicted octanol–water partition coefficient (Wildman–Crippen LogP) is 1.58. The van der Waals surface area contributed by atoms with Crippen LogP contribution in [0.25, 0.3) is 0 Å². The lowest BCUT2D eigenvalue weighted by molar-refractivity contribution is 0.0356. The van der Waals surface area contributed by atoms with Crippen LogP contribution in [0, 0.1) is 0 Å². The van der Waals surface area contributed by atoms with Gasteiger partial charge in [-0.05, 0) is 32.5 Å². The van der Waals surface area contributed by atoms with Gasteiger partial charge in [-0.15, -0.1) is 0 Å². The van der Waals surface area contributed by atoms with Gasteiger partial charge in [-0.3, -0.25) is 9.80 Å². The van der Waals surface area contributed by atoms with E-state index >= 15 is 0 Å². The third-order valence-corrected chi connectivity index (χ3v) is 4.36. The average Bonchev–Trinajstić information content (AvgIpc) is 2.42. The summed E-state index contributed by atoms with van der Waals surface area (Å²) in [5.74, 6) is -0.364. The first-order chi connectivity index (χ1) is 9.85. The van der Waals surface area contributed by atoms with Crippen LogP contribution in [0.2, 0.25) is 0 Å². The Morgan fingerprint density at radius 1 is 1.38 bits per heavy atom. The highest BCUT2D eigenvalue weighted by atomic mass is 16.5. The predicted molar refractivity (Wildman–Crippen MR) is 84.2 cm³/mol. The fraction of sp³-hybridized carbons (Fsp3) is 0.562. The molecule has 116 valence electrons. The molecule has 2 rings (SSSR count). The van der Waals surface area contributed by atoms with Crippen LogP contribution < -0.4 is 5.73 Å². The lowest BCUT2D eigenvalue weighted by Crippen LogP contribution is -2.57. The van der Waals surface area contributed by atoms with E-state index < -0.39 is 0 Å².